The molecule has 1 aromatic carbocycles. The van der Waals surface area contributed by atoms with Gasteiger partial charge in [-0.1, -0.05) is 79.0 Å². The molecular formula is C34H48F5NO3SSi. The summed E-state index contributed by atoms with van der Waals surface area (Å²) in [4.78, 5) is 3.58. The molecule has 0 bridgehead atoms. The molecule has 2 unspecified atom stereocenters. The zero-order valence-corrected chi connectivity index (χ0v) is 29.4. The smallest absolute Gasteiger partial charge is 0.310 e. The molecule has 1 saturated carbocycles. The first-order chi connectivity index (χ1) is 20.5. The van der Waals surface area contributed by atoms with Crippen molar-refractivity contribution in [2.75, 3.05) is 13.2 Å². The number of rotatable bonds is 5. The third-order valence-electron chi connectivity index (χ3n) is 11.0. The Kier molecular flexibility index (Phi) is 7.41. The lowest BCUT2D eigenvalue weighted by atomic mass is 9.70. The minimum Gasteiger partial charge on any atom is -0.410 e. The molecule has 4 nitrogen and oxygen atoms in total. The molecular weight excluding hydrogens is 626 g/mol. The Morgan fingerprint density at radius 3 is 2.09 bits per heavy atom. The number of fused-ring (bicyclic) bond motifs is 4. The summed E-state index contributed by atoms with van der Waals surface area (Å²) in [6.07, 6.45) is 5.83. The maximum atomic E-state index is 13.7. The molecule has 0 N–H and O–H groups in total. The predicted molar refractivity (Wildman–Crippen MR) is 171 cm³/mol. The van der Waals surface area contributed by atoms with Crippen LogP contribution in [0.25, 0.3) is 0 Å². The van der Waals surface area contributed by atoms with Gasteiger partial charge in [0, 0.05) is 36.0 Å². The first kappa shape index (κ1) is 33.4. The van der Waals surface area contributed by atoms with Gasteiger partial charge < -0.3 is 13.9 Å². The minimum absolute atomic E-state index is 0.0118. The summed E-state index contributed by atoms with van der Waals surface area (Å²) < 4.78 is 88.5. The van der Waals surface area contributed by atoms with E-state index in [0.29, 0.717) is 30.9 Å². The fourth-order valence-corrected chi connectivity index (χ4v) is 9.67. The van der Waals surface area contributed by atoms with Gasteiger partial charge in [-0.15, -0.1) is 0 Å². The van der Waals surface area contributed by atoms with E-state index in [2.05, 4.69) is 47.7 Å². The summed E-state index contributed by atoms with van der Waals surface area (Å²) in [6, 6.07) is 3.39. The monoisotopic (exact) mass is 673 g/mol. The third kappa shape index (κ3) is 6.14. The van der Waals surface area contributed by atoms with Crippen LogP contribution in [0.2, 0.25) is 18.1 Å². The zero-order valence-electron chi connectivity index (χ0n) is 27.6. The van der Waals surface area contributed by atoms with Crippen LogP contribution in [-0.4, -0.2) is 26.5 Å². The van der Waals surface area contributed by atoms with E-state index in [0.717, 1.165) is 79.4 Å². The molecule has 1 saturated heterocycles. The Hall–Kier alpha value is -1.53. The molecule has 2 fully saturated rings. The van der Waals surface area contributed by atoms with E-state index in [9.17, 15) is 19.4 Å². The predicted octanol–water partition coefficient (Wildman–Crippen LogP) is 11.6. The largest absolute Gasteiger partial charge is 0.410 e. The molecule has 1 aromatic heterocycles. The van der Waals surface area contributed by atoms with Gasteiger partial charge in [0.2, 0.25) is 0 Å². The van der Waals surface area contributed by atoms with Crippen LogP contribution in [0, 0.1) is 5.41 Å². The van der Waals surface area contributed by atoms with E-state index >= 15 is 0 Å². The van der Waals surface area contributed by atoms with Gasteiger partial charge in [0.1, 0.15) is 11.0 Å². The topological polar surface area (TPSA) is 40.6 Å². The second kappa shape index (κ2) is 10.00. The lowest BCUT2D eigenvalue weighted by Gasteiger charge is -2.45. The summed E-state index contributed by atoms with van der Waals surface area (Å²) in [5.74, 6) is 0.106. The Morgan fingerprint density at radius 1 is 0.933 bits per heavy atom. The number of halogens is 5. The molecule has 0 amide bonds. The van der Waals surface area contributed by atoms with E-state index in [1.54, 1.807) is 0 Å². The van der Waals surface area contributed by atoms with Crippen molar-refractivity contribution < 1.29 is 33.3 Å². The number of aromatic nitrogens is 1. The summed E-state index contributed by atoms with van der Waals surface area (Å²) >= 11 is 0. The van der Waals surface area contributed by atoms with Crippen LogP contribution in [0.3, 0.4) is 0 Å². The van der Waals surface area contributed by atoms with Gasteiger partial charge >= 0.3 is 10.2 Å². The lowest BCUT2D eigenvalue weighted by molar-refractivity contribution is -0.0580. The average molecular weight is 674 g/mol. The molecule has 2 atom stereocenters. The van der Waals surface area contributed by atoms with Gasteiger partial charge in [-0.25, -0.2) is 0 Å². The number of hydrogen-bond donors (Lipinski definition) is 0. The molecule has 3 heterocycles. The summed E-state index contributed by atoms with van der Waals surface area (Å²) in [6.45, 7) is 17.0. The van der Waals surface area contributed by atoms with Gasteiger partial charge in [0.05, 0.1) is 17.4 Å². The van der Waals surface area contributed by atoms with Gasteiger partial charge in [-0.2, -0.15) is 0 Å². The zero-order chi connectivity index (χ0) is 32.9. The summed E-state index contributed by atoms with van der Waals surface area (Å²) in [5.41, 5.74) is 4.90. The Morgan fingerprint density at radius 2 is 1.53 bits per heavy atom. The SMILES string of the molecule is CC1(C)Cc2nc(C3CCOCC3)c3c(c2C(O[Si](C)(C)C(C)(C)C)C1)C1(CCCC1)OC3c1ccc(S(F)(F)(F)(F)F)cc1. The van der Waals surface area contributed by atoms with Crippen LogP contribution in [0.5, 0.6) is 0 Å². The van der Waals surface area contributed by atoms with Gasteiger partial charge in [0.15, 0.2) is 8.32 Å². The first-order valence-corrected chi connectivity index (χ1v) is 21.2. The Balaban J connectivity index is 1.59. The summed E-state index contributed by atoms with van der Waals surface area (Å²) in [7, 11) is -12.1. The van der Waals surface area contributed by atoms with Crippen molar-refractivity contribution in [2.24, 2.45) is 5.41 Å². The van der Waals surface area contributed by atoms with E-state index < -0.39 is 35.1 Å². The second-order valence-electron chi connectivity index (χ2n) is 16.2. The highest BCUT2D eigenvalue weighted by atomic mass is 32.5. The van der Waals surface area contributed by atoms with Crippen molar-refractivity contribution in [1.82, 2.24) is 4.98 Å². The van der Waals surface area contributed by atoms with Gasteiger partial charge in [-0.3, -0.25) is 4.98 Å². The standard InChI is InChI=1S/C34H48F5NO3SSi/c1-32(2,3)45(6,7)43-26-21-33(4,5)20-25-27(26)29-28(30(40-25)22-14-18-41-19-15-22)31(42-34(29)16-8-9-17-34)23-10-12-24(13-11-23)44(35,36,37,38)39/h10-13,22,26,31H,8-9,14-21H2,1-7H3. The molecule has 2 aliphatic heterocycles. The second-order valence-corrected chi connectivity index (χ2v) is 23.3. The Labute approximate surface area is 265 Å². The first-order valence-electron chi connectivity index (χ1n) is 16.3. The fourth-order valence-electron chi connectivity index (χ4n) is 7.76. The van der Waals surface area contributed by atoms with Crippen molar-refractivity contribution >= 4 is 18.5 Å². The molecule has 0 radical (unpaired) electrons. The van der Waals surface area contributed by atoms with Crippen LogP contribution in [0.4, 0.5) is 19.4 Å². The average Bonchev–Trinajstić information content (AvgIpc) is 3.51. The number of nitrogens with zero attached hydrogens (tertiary/aromatic N) is 1. The fraction of sp³-hybridized carbons (Fsp3) is 0.676. The van der Waals surface area contributed by atoms with Crippen LogP contribution in [0.15, 0.2) is 29.2 Å². The van der Waals surface area contributed by atoms with Crippen LogP contribution in [-0.2, 0) is 25.9 Å². The quantitative estimate of drug-likeness (QED) is 0.234. The van der Waals surface area contributed by atoms with E-state index in [-0.39, 0.29) is 22.5 Å². The normalized spacial score (nSPS) is 26.8. The highest BCUT2D eigenvalue weighted by molar-refractivity contribution is 8.45. The van der Waals surface area contributed by atoms with Crippen molar-refractivity contribution in [2.45, 2.75) is 133 Å². The van der Waals surface area contributed by atoms with Crippen molar-refractivity contribution in [3.05, 3.63) is 57.9 Å². The van der Waals surface area contributed by atoms with Crippen LogP contribution in [0.1, 0.15) is 131 Å². The molecule has 4 aliphatic rings. The van der Waals surface area contributed by atoms with E-state index in [4.69, 9.17) is 18.9 Å². The highest BCUT2D eigenvalue weighted by Crippen LogP contribution is 3.02. The third-order valence-corrected chi connectivity index (χ3v) is 16.7. The molecule has 252 valence electrons. The van der Waals surface area contributed by atoms with Crippen molar-refractivity contribution in [3.8, 4) is 0 Å². The van der Waals surface area contributed by atoms with Gasteiger partial charge in [0.25, 0.3) is 0 Å². The summed E-state index contributed by atoms with van der Waals surface area (Å²) in [5, 5.41) is -0.0118. The maximum Gasteiger partial charge on any atom is 0.310 e. The van der Waals surface area contributed by atoms with Crippen molar-refractivity contribution in [1.29, 1.82) is 0 Å². The number of pyridine rings is 1. The van der Waals surface area contributed by atoms with Crippen molar-refractivity contribution in [3.63, 3.8) is 0 Å². The van der Waals surface area contributed by atoms with Crippen LogP contribution >= 0.6 is 10.2 Å². The number of benzene rings is 1. The number of hydrogen-bond acceptors (Lipinski definition) is 4. The number of ether oxygens (including phenoxy) is 2. The Bertz CT molecular complexity index is 1480. The lowest BCUT2D eigenvalue weighted by Crippen LogP contribution is -2.44. The molecule has 1 spiro atoms. The molecule has 2 aliphatic carbocycles. The molecule has 2 aromatic rings. The maximum absolute atomic E-state index is 13.7. The van der Waals surface area contributed by atoms with Crippen LogP contribution < -0.4 is 0 Å². The molecule has 11 heteroatoms. The molecule has 6 rings (SSSR count). The van der Waals surface area contributed by atoms with E-state index in [1.165, 1.54) is 12.1 Å². The highest BCUT2D eigenvalue weighted by Gasteiger charge is 2.65. The van der Waals surface area contributed by atoms with Gasteiger partial charge in [-0.05, 0) is 85.3 Å². The van der Waals surface area contributed by atoms with E-state index in [1.807, 2.05) is 0 Å². The molecule has 45 heavy (non-hydrogen) atoms. The minimum atomic E-state index is -9.82.